The van der Waals surface area contributed by atoms with Crippen molar-refractivity contribution in [3.63, 3.8) is 0 Å². The Labute approximate surface area is 180 Å². The molecule has 2 amide bonds. The quantitative estimate of drug-likeness (QED) is 0.702. The number of benzene rings is 1. The van der Waals surface area contributed by atoms with Crippen LogP contribution in [0.4, 0.5) is 5.69 Å². The summed E-state index contributed by atoms with van der Waals surface area (Å²) < 4.78 is 0. The van der Waals surface area contributed by atoms with E-state index in [1.165, 1.54) is 0 Å². The van der Waals surface area contributed by atoms with Gasteiger partial charge in [0.1, 0.15) is 11.6 Å². The van der Waals surface area contributed by atoms with Crippen molar-refractivity contribution in [1.29, 1.82) is 5.26 Å². The van der Waals surface area contributed by atoms with Gasteiger partial charge in [0.15, 0.2) is 0 Å². The van der Waals surface area contributed by atoms with Crippen LogP contribution in [-0.4, -0.2) is 34.8 Å². The molecular weight excluding hydrogens is 404 g/mol. The molecule has 1 heterocycles. The number of nitriles is 1. The van der Waals surface area contributed by atoms with Crippen LogP contribution in [0.3, 0.4) is 0 Å². The lowest BCUT2D eigenvalue weighted by atomic mass is 9.99. The van der Waals surface area contributed by atoms with E-state index < -0.39 is 5.56 Å². The molecule has 2 N–H and O–H groups in total. The Kier molecular flexibility index (Phi) is 7.79. The molecule has 0 unspecified atom stereocenters. The van der Waals surface area contributed by atoms with Crippen LogP contribution in [0.5, 0.6) is 0 Å². The van der Waals surface area contributed by atoms with Crippen LogP contribution in [0.1, 0.15) is 53.0 Å². The smallest absolute Gasteiger partial charge is 0.266 e. The van der Waals surface area contributed by atoms with E-state index in [0.29, 0.717) is 42.0 Å². The van der Waals surface area contributed by atoms with Gasteiger partial charge in [0.05, 0.1) is 10.6 Å². The molecule has 0 fully saturated rings. The van der Waals surface area contributed by atoms with E-state index in [1.54, 1.807) is 36.9 Å². The summed E-state index contributed by atoms with van der Waals surface area (Å²) >= 11 is 6.27. The van der Waals surface area contributed by atoms with Gasteiger partial charge >= 0.3 is 0 Å². The predicted octanol–water partition coefficient (Wildman–Crippen LogP) is 3.57. The first-order chi connectivity index (χ1) is 14.2. The summed E-state index contributed by atoms with van der Waals surface area (Å²) in [6.45, 7) is 8.42. The van der Waals surface area contributed by atoms with Crippen LogP contribution in [0.15, 0.2) is 23.0 Å². The number of rotatable bonds is 7. The molecule has 0 saturated carbocycles. The van der Waals surface area contributed by atoms with Crippen LogP contribution in [0, 0.1) is 25.2 Å². The fraction of sp³-hybridized carbons (Fsp3) is 0.364. The minimum Gasteiger partial charge on any atom is -0.339 e. The van der Waals surface area contributed by atoms with Crippen molar-refractivity contribution < 1.29 is 9.59 Å². The van der Waals surface area contributed by atoms with Crippen molar-refractivity contribution >= 4 is 29.1 Å². The third kappa shape index (κ3) is 5.08. The van der Waals surface area contributed by atoms with Crippen LogP contribution in [0.25, 0.3) is 0 Å². The number of hydrogen-bond acceptors (Lipinski definition) is 4. The highest BCUT2D eigenvalue weighted by atomic mass is 35.5. The molecule has 30 heavy (non-hydrogen) atoms. The van der Waals surface area contributed by atoms with Crippen LogP contribution >= 0.6 is 11.6 Å². The number of aromatic amines is 1. The number of H-pyrrole nitrogens is 1. The summed E-state index contributed by atoms with van der Waals surface area (Å²) in [5.41, 5.74) is 2.54. The van der Waals surface area contributed by atoms with Crippen molar-refractivity contribution in [1.82, 2.24) is 9.88 Å². The molecule has 1 aromatic carbocycles. The molecule has 158 valence electrons. The zero-order valence-corrected chi connectivity index (χ0v) is 18.3. The molecule has 2 rings (SSSR count). The van der Waals surface area contributed by atoms with E-state index in [0.717, 1.165) is 5.56 Å². The third-order valence-electron chi connectivity index (χ3n) is 5.06. The van der Waals surface area contributed by atoms with E-state index in [1.807, 2.05) is 19.9 Å². The summed E-state index contributed by atoms with van der Waals surface area (Å²) in [6.07, 6.45) is 0.539. The van der Waals surface area contributed by atoms with E-state index in [2.05, 4.69) is 10.3 Å². The molecule has 0 atom stereocenters. The average molecular weight is 429 g/mol. The van der Waals surface area contributed by atoms with Gasteiger partial charge in [-0.2, -0.15) is 5.26 Å². The lowest BCUT2D eigenvalue weighted by molar-refractivity contribution is -0.116. The van der Waals surface area contributed by atoms with Crippen molar-refractivity contribution in [3.05, 3.63) is 61.5 Å². The predicted molar refractivity (Wildman–Crippen MR) is 117 cm³/mol. The van der Waals surface area contributed by atoms with Gasteiger partial charge in [-0.1, -0.05) is 11.6 Å². The molecule has 0 bridgehead atoms. The van der Waals surface area contributed by atoms with Crippen LogP contribution in [-0.2, 0) is 11.2 Å². The molecule has 0 aliphatic heterocycles. The average Bonchev–Trinajstić information content (AvgIpc) is 2.68. The van der Waals surface area contributed by atoms with Gasteiger partial charge in [0.2, 0.25) is 5.91 Å². The first-order valence-corrected chi connectivity index (χ1v) is 10.1. The number of carbonyl (C=O) groups is 2. The topological polar surface area (TPSA) is 106 Å². The Bertz CT molecular complexity index is 1070. The summed E-state index contributed by atoms with van der Waals surface area (Å²) in [5, 5.41) is 12.2. The highest BCUT2D eigenvalue weighted by Crippen LogP contribution is 2.23. The number of halogens is 1. The number of pyridine rings is 1. The number of carbonyl (C=O) groups excluding carboxylic acids is 2. The van der Waals surface area contributed by atoms with Crippen molar-refractivity contribution in [2.24, 2.45) is 0 Å². The highest BCUT2D eigenvalue weighted by Gasteiger charge is 2.17. The van der Waals surface area contributed by atoms with Crippen molar-refractivity contribution in [2.45, 2.75) is 40.5 Å². The lowest BCUT2D eigenvalue weighted by Crippen LogP contribution is -2.30. The van der Waals surface area contributed by atoms with Crippen LogP contribution in [0.2, 0.25) is 5.02 Å². The van der Waals surface area contributed by atoms with E-state index in [-0.39, 0.29) is 28.8 Å². The number of amides is 2. The van der Waals surface area contributed by atoms with Crippen molar-refractivity contribution in [3.8, 4) is 6.07 Å². The maximum absolute atomic E-state index is 12.5. The molecule has 1 aromatic heterocycles. The minimum absolute atomic E-state index is 0.0660. The van der Waals surface area contributed by atoms with Gasteiger partial charge in [-0.15, -0.1) is 0 Å². The monoisotopic (exact) mass is 428 g/mol. The number of nitrogens with zero attached hydrogens (tertiary/aromatic N) is 2. The van der Waals surface area contributed by atoms with Gasteiger partial charge in [-0.3, -0.25) is 14.4 Å². The standard InChI is InChI=1S/C22H25ClN4O3/c1-5-27(6-2)22(30)17-8-7-15(11-19(17)23)26-20(28)10-9-16-13(3)18(12-24)21(29)25-14(16)4/h7-8,11H,5-6,9-10H2,1-4H3,(H,25,29)(H,26,28). The molecule has 0 radical (unpaired) electrons. The summed E-state index contributed by atoms with van der Waals surface area (Å²) in [4.78, 5) is 41.0. The Morgan fingerprint density at radius 3 is 2.47 bits per heavy atom. The first-order valence-electron chi connectivity index (χ1n) is 9.74. The van der Waals surface area contributed by atoms with E-state index in [9.17, 15) is 14.4 Å². The zero-order valence-electron chi connectivity index (χ0n) is 17.6. The normalized spacial score (nSPS) is 10.4. The number of aryl methyl sites for hydroxylation is 1. The molecule has 0 spiro atoms. The van der Waals surface area contributed by atoms with E-state index in [4.69, 9.17) is 16.9 Å². The van der Waals surface area contributed by atoms with Gasteiger partial charge in [-0.05, 0) is 63.4 Å². The van der Waals surface area contributed by atoms with Crippen molar-refractivity contribution in [2.75, 3.05) is 18.4 Å². The second-order valence-electron chi connectivity index (χ2n) is 6.89. The van der Waals surface area contributed by atoms with Gasteiger partial charge in [0.25, 0.3) is 11.5 Å². The SMILES string of the molecule is CCN(CC)C(=O)c1ccc(NC(=O)CCc2c(C)[nH]c(=O)c(C#N)c2C)cc1Cl. The number of anilines is 1. The summed E-state index contributed by atoms with van der Waals surface area (Å²) in [5.74, 6) is -0.391. The Morgan fingerprint density at radius 1 is 1.23 bits per heavy atom. The molecule has 7 nitrogen and oxygen atoms in total. The maximum atomic E-state index is 12.5. The summed E-state index contributed by atoms with van der Waals surface area (Å²) in [6, 6.07) is 6.71. The second kappa shape index (κ2) is 10.1. The molecular formula is C22H25ClN4O3. The number of aromatic nitrogens is 1. The van der Waals surface area contributed by atoms with Gasteiger partial charge in [0, 0.05) is 30.9 Å². The zero-order chi connectivity index (χ0) is 22.4. The lowest BCUT2D eigenvalue weighted by Gasteiger charge is -2.19. The second-order valence-corrected chi connectivity index (χ2v) is 7.30. The van der Waals surface area contributed by atoms with Gasteiger partial charge in [-0.25, -0.2) is 0 Å². The minimum atomic E-state index is -0.422. The molecule has 2 aromatic rings. The van der Waals surface area contributed by atoms with Crippen LogP contribution < -0.4 is 10.9 Å². The largest absolute Gasteiger partial charge is 0.339 e. The molecule has 0 saturated heterocycles. The first kappa shape index (κ1) is 23.2. The molecule has 8 heteroatoms. The molecule has 0 aliphatic carbocycles. The van der Waals surface area contributed by atoms with Gasteiger partial charge < -0.3 is 15.2 Å². The fourth-order valence-electron chi connectivity index (χ4n) is 3.33. The fourth-order valence-corrected chi connectivity index (χ4v) is 3.59. The molecule has 0 aliphatic rings. The van der Waals surface area contributed by atoms with E-state index >= 15 is 0 Å². The third-order valence-corrected chi connectivity index (χ3v) is 5.37. The number of nitrogens with one attached hydrogen (secondary N) is 2. The highest BCUT2D eigenvalue weighted by molar-refractivity contribution is 6.34. The Morgan fingerprint density at radius 2 is 1.90 bits per heavy atom. The summed E-state index contributed by atoms with van der Waals surface area (Å²) in [7, 11) is 0. The maximum Gasteiger partial charge on any atom is 0.266 e. The number of hydrogen-bond donors (Lipinski definition) is 2. The Balaban J connectivity index is 2.10. The Hall–Kier alpha value is -3.11.